The van der Waals surface area contributed by atoms with Crippen molar-refractivity contribution in [2.24, 2.45) is 5.92 Å². The van der Waals surface area contributed by atoms with Gasteiger partial charge in [0.2, 0.25) is 10.0 Å². The van der Waals surface area contributed by atoms with Gasteiger partial charge in [0.25, 0.3) is 0 Å². The zero-order chi connectivity index (χ0) is 27.1. The minimum Gasteiger partial charge on any atom is -0.464 e. The molecule has 0 fully saturated rings. The molecule has 0 saturated heterocycles. The van der Waals surface area contributed by atoms with Crippen molar-refractivity contribution in [2.75, 3.05) is 19.7 Å². The fourth-order valence-corrected chi connectivity index (χ4v) is 5.49. The molecule has 1 unspecified atom stereocenters. The molecule has 3 rings (SSSR count). The molecule has 0 aliphatic heterocycles. The van der Waals surface area contributed by atoms with E-state index in [0.717, 1.165) is 10.9 Å². The summed E-state index contributed by atoms with van der Waals surface area (Å²) in [6.07, 6.45) is 1.33. The maximum Gasteiger partial charge on any atom is 0.407 e. The second kappa shape index (κ2) is 12.6. The molecule has 37 heavy (non-hydrogen) atoms. The third-order valence-electron chi connectivity index (χ3n) is 5.51. The van der Waals surface area contributed by atoms with Gasteiger partial charge in [-0.2, -0.15) is 4.31 Å². The first kappa shape index (κ1) is 28.7. The Morgan fingerprint density at radius 3 is 2.49 bits per heavy atom. The van der Waals surface area contributed by atoms with E-state index in [1.54, 1.807) is 45.0 Å². The molecule has 1 amide bonds. The Labute approximate surface area is 220 Å². The summed E-state index contributed by atoms with van der Waals surface area (Å²) in [5.41, 5.74) is 0.988. The third-order valence-corrected chi connectivity index (χ3v) is 7.37. The fraction of sp³-hybridized carbons (Fsp3) is 0.464. The maximum absolute atomic E-state index is 13.6. The average Bonchev–Trinajstić information content (AvgIpc) is 3.28. The van der Waals surface area contributed by atoms with Gasteiger partial charge in [-0.15, -0.1) is 0 Å². The van der Waals surface area contributed by atoms with E-state index in [1.165, 1.54) is 10.6 Å². The van der Waals surface area contributed by atoms with E-state index in [4.69, 9.17) is 13.9 Å². The lowest BCUT2D eigenvalue weighted by atomic mass is 10.2. The van der Waals surface area contributed by atoms with Crippen LogP contribution in [0.3, 0.4) is 0 Å². The second-order valence-electron chi connectivity index (χ2n) is 10.5. The summed E-state index contributed by atoms with van der Waals surface area (Å²) in [7, 11) is -3.78. The van der Waals surface area contributed by atoms with Crippen molar-refractivity contribution < 1.29 is 27.1 Å². The molecule has 202 valence electrons. The number of nitrogens with zero attached hydrogens (tertiary/aromatic N) is 1. The van der Waals surface area contributed by atoms with Gasteiger partial charge in [0.1, 0.15) is 11.2 Å². The van der Waals surface area contributed by atoms with E-state index >= 15 is 0 Å². The van der Waals surface area contributed by atoms with Crippen LogP contribution in [0.4, 0.5) is 4.79 Å². The van der Waals surface area contributed by atoms with E-state index in [1.807, 2.05) is 44.2 Å². The third kappa shape index (κ3) is 8.87. The molecule has 0 aliphatic rings. The molecular formula is C28H38N2O6S. The second-order valence-corrected chi connectivity index (χ2v) is 12.4. The normalized spacial score (nSPS) is 13.3. The standard InChI is InChI=1S/C28H38N2O6S/c1-21(2)18-30(37(32,33)25-11-12-26-23(17-25)14-16-35-26)15-13-24(29-27(31)36-28(3,4)5)20-34-19-22-9-7-6-8-10-22/h6-12,14,16-17,21,24H,13,15,18-20H2,1-5H3,(H,29,31). The Morgan fingerprint density at radius 1 is 1.08 bits per heavy atom. The van der Waals surface area contributed by atoms with E-state index in [-0.39, 0.29) is 24.0 Å². The zero-order valence-corrected chi connectivity index (χ0v) is 23.1. The molecule has 0 bridgehead atoms. The Kier molecular flexibility index (Phi) is 9.75. The minimum atomic E-state index is -3.78. The summed E-state index contributed by atoms with van der Waals surface area (Å²) >= 11 is 0. The van der Waals surface area contributed by atoms with E-state index in [2.05, 4.69) is 5.32 Å². The van der Waals surface area contributed by atoms with Gasteiger partial charge in [-0.1, -0.05) is 44.2 Å². The van der Waals surface area contributed by atoms with E-state index < -0.39 is 27.8 Å². The molecule has 0 aliphatic carbocycles. The number of benzene rings is 2. The number of furan rings is 1. The highest BCUT2D eigenvalue weighted by Gasteiger charge is 2.27. The van der Waals surface area contributed by atoms with Gasteiger partial charge in [-0.3, -0.25) is 0 Å². The number of carbonyl (C=O) groups is 1. The van der Waals surface area contributed by atoms with Crippen molar-refractivity contribution in [1.82, 2.24) is 9.62 Å². The van der Waals surface area contributed by atoms with Crippen LogP contribution in [0.1, 0.15) is 46.6 Å². The summed E-state index contributed by atoms with van der Waals surface area (Å²) in [5.74, 6) is 0.110. The smallest absolute Gasteiger partial charge is 0.407 e. The van der Waals surface area contributed by atoms with Crippen LogP contribution >= 0.6 is 0 Å². The predicted molar refractivity (Wildman–Crippen MR) is 144 cm³/mol. The number of fused-ring (bicyclic) bond motifs is 1. The van der Waals surface area contributed by atoms with Crippen LogP contribution in [0.2, 0.25) is 0 Å². The number of hydrogen-bond acceptors (Lipinski definition) is 6. The summed E-state index contributed by atoms with van der Waals surface area (Å²) in [6, 6.07) is 15.9. The number of ether oxygens (including phenoxy) is 2. The molecule has 1 atom stereocenters. The highest BCUT2D eigenvalue weighted by molar-refractivity contribution is 7.89. The molecule has 9 heteroatoms. The minimum absolute atomic E-state index is 0.110. The monoisotopic (exact) mass is 530 g/mol. The number of rotatable bonds is 12. The highest BCUT2D eigenvalue weighted by atomic mass is 32.2. The van der Waals surface area contributed by atoms with Crippen LogP contribution in [0, 0.1) is 5.92 Å². The van der Waals surface area contributed by atoms with Crippen LogP contribution in [0.25, 0.3) is 11.0 Å². The van der Waals surface area contributed by atoms with Crippen LogP contribution < -0.4 is 5.32 Å². The summed E-state index contributed by atoms with van der Waals surface area (Å²) in [5, 5.41) is 3.59. The lowest BCUT2D eigenvalue weighted by molar-refractivity contribution is 0.0418. The van der Waals surface area contributed by atoms with Crippen LogP contribution in [-0.2, 0) is 26.1 Å². The Morgan fingerprint density at radius 2 is 1.81 bits per heavy atom. The van der Waals surface area contributed by atoms with Crippen molar-refractivity contribution in [3.05, 3.63) is 66.4 Å². The quantitative estimate of drug-likeness (QED) is 0.328. The lowest BCUT2D eigenvalue weighted by Crippen LogP contribution is -2.44. The lowest BCUT2D eigenvalue weighted by Gasteiger charge is -2.27. The van der Waals surface area contributed by atoms with Crippen LogP contribution in [0.15, 0.2) is 70.2 Å². The van der Waals surface area contributed by atoms with Crippen molar-refractivity contribution in [1.29, 1.82) is 0 Å². The van der Waals surface area contributed by atoms with Crippen molar-refractivity contribution in [3.8, 4) is 0 Å². The molecule has 2 aromatic carbocycles. The first-order chi connectivity index (χ1) is 17.4. The summed E-state index contributed by atoms with van der Waals surface area (Å²) in [6.45, 7) is 10.5. The molecular weight excluding hydrogens is 492 g/mol. The number of nitrogens with one attached hydrogen (secondary N) is 1. The molecule has 0 saturated carbocycles. The van der Waals surface area contributed by atoms with Gasteiger partial charge in [-0.25, -0.2) is 13.2 Å². The Hall–Kier alpha value is -2.88. The van der Waals surface area contributed by atoms with Gasteiger partial charge in [0, 0.05) is 18.5 Å². The average molecular weight is 531 g/mol. The number of carbonyl (C=O) groups excluding carboxylic acids is 1. The van der Waals surface area contributed by atoms with Gasteiger partial charge in [-0.05, 0) is 62.9 Å². The summed E-state index contributed by atoms with van der Waals surface area (Å²) in [4.78, 5) is 12.7. The molecule has 0 radical (unpaired) electrons. The molecule has 0 spiro atoms. The largest absolute Gasteiger partial charge is 0.464 e. The number of amides is 1. The van der Waals surface area contributed by atoms with Gasteiger partial charge in [0.15, 0.2) is 0 Å². The zero-order valence-electron chi connectivity index (χ0n) is 22.3. The topological polar surface area (TPSA) is 98.1 Å². The number of alkyl carbamates (subject to hydrolysis) is 1. The number of sulfonamides is 1. The fourth-order valence-electron chi connectivity index (χ4n) is 3.84. The van der Waals surface area contributed by atoms with Crippen molar-refractivity contribution >= 4 is 27.1 Å². The summed E-state index contributed by atoms with van der Waals surface area (Å²) < 4.78 is 45.4. The van der Waals surface area contributed by atoms with E-state index in [0.29, 0.717) is 25.2 Å². The van der Waals surface area contributed by atoms with Crippen molar-refractivity contribution in [2.45, 2.75) is 64.2 Å². The van der Waals surface area contributed by atoms with Crippen molar-refractivity contribution in [3.63, 3.8) is 0 Å². The first-order valence-electron chi connectivity index (χ1n) is 12.5. The van der Waals surface area contributed by atoms with Gasteiger partial charge in [0.05, 0.1) is 30.4 Å². The predicted octanol–water partition coefficient (Wildman–Crippen LogP) is 5.58. The molecule has 1 heterocycles. The van der Waals surface area contributed by atoms with Gasteiger partial charge < -0.3 is 19.2 Å². The first-order valence-corrected chi connectivity index (χ1v) is 14.0. The molecule has 3 aromatic rings. The highest BCUT2D eigenvalue weighted by Crippen LogP contribution is 2.24. The van der Waals surface area contributed by atoms with E-state index in [9.17, 15) is 13.2 Å². The molecule has 1 aromatic heterocycles. The molecule has 1 N–H and O–H groups in total. The molecule has 8 nitrogen and oxygen atoms in total. The maximum atomic E-state index is 13.6. The Bertz CT molecular complexity index is 1250. The number of hydrogen-bond donors (Lipinski definition) is 1. The van der Waals surface area contributed by atoms with Crippen LogP contribution in [-0.4, -0.2) is 50.2 Å². The SMILES string of the molecule is CC(C)CN(CCC(COCc1ccccc1)NC(=O)OC(C)(C)C)S(=O)(=O)c1ccc2occc2c1. The van der Waals surface area contributed by atoms with Gasteiger partial charge >= 0.3 is 6.09 Å². The Balaban J connectivity index is 1.74. The van der Waals surface area contributed by atoms with Crippen LogP contribution in [0.5, 0.6) is 0 Å².